The van der Waals surface area contributed by atoms with Gasteiger partial charge in [-0.1, -0.05) is 78.4 Å². The number of amides is 1. The summed E-state index contributed by atoms with van der Waals surface area (Å²) in [4.78, 5) is 24.2. The summed E-state index contributed by atoms with van der Waals surface area (Å²) in [6, 6.07) is 22.1. The van der Waals surface area contributed by atoms with Crippen molar-refractivity contribution in [3.63, 3.8) is 0 Å². The number of methoxy groups -OCH3 is 1. The van der Waals surface area contributed by atoms with Gasteiger partial charge in [-0.15, -0.1) is 0 Å². The Morgan fingerprint density at radius 1 is 0.970 bits per heavy atom. The highest BCUT2D eigenvalue weighted by Crippen LogP contribution is 2.44. The van der Waals surface area contributed by atoms with Crippen molar-refractivity contribution in [1.82, 2.24) is 5.32 Å². The molecule has 0 saturated heterocycles. The molecule has 0 aromatic heterocycles. The van der Waals surface area contributed by atoms with E-state index in [2.05, 4.69) is 29.6 Å². The fourth-order valence-electron chi connectivity index (χ4n) is 4.23. The summed E-state index contributed by atoms with van der Waals surface area (Å²) in [6.45, 7) is 2.70. The second kappa shape index (κ2) is 10.2. The lowest BCUT2D eigenvalue weighted by atomic mass is 9.98. The van der Waals surface area contributed by atoms with Crippen molar-refractivity contribution in [3.05, 3.63) is 101 Å². The molecule has 0 fully saturated rings. The van der Waals surface area contributed by atoms with E-state index in [4.69, 9.17) is 9.47 Å². The standard InChI is InChI=1S/C28H27NO4/c1-19-14-15-21(27(30)32-2)20(17-19)9-7-8-16-29-28(31)33-18-26-24-12-5-3-10-22(24)23-11-4-6-13-25(23)26/h3-7,9-15,17,26H,8,16,18H2,1-2H3,(H,29,31). The topological polar surface area (TPSA) is 64.6 Å². The van der Waals surface area contributed by atoms with Gasteiger partial charge in [0.05, 0.1) is 12.7 Å². The summed E-state index contributed by atoms with van der Waals surface area (Å²) in [6.07, 6.45) is 3.97. The van der Waals surface area contributed by atoms with Crippen LogP contribution in [0.2, 0.25) is 0 Å². The normalized spacial score (nSPS) is 12.3. The highest BCUT2D eigenvalue weighted by molar-refractivity contribution is 5.93. The molecule has 0 bridgehead atoms. The van der Waals surface area contributed by atoms with Crippen molar-refractivity contribution in [2.45, 2.75) is 19.3 Å². The molecule has 0 saturated carbocycles. The van der Waals surface area contributed by atoms with Crippen molar-refractivity contribution in [1.29, 1.82) is 0 Å². The van der Waals surface area contributed by atoms with E-state index in [-0.39, 0.29) is 11.9 Å². The van der Waals surface area contributed by atoms with Crippen molar-refractivity contribution < 1.29 is 19.1 Å². The Morgan fingerprint density at radius 3 is 2.30 bits per heavy atom. The van der Waals surface area contributed by atoms with E-state index in [9.17, 15) is 9.59 Å². The number of aryl methyl sites for hydroxylation is 1. The van der Waals surface area contributed by atoms with Crippen LogP contribution in [0.1, 0.15) is 45.0 Å². The molecule has 0 spiro atoms. The number of ether oxygens (including phenoxy) is 2. The molecule has 0 radical (unpaired) electrons. The molecule has 5 heteroatoms. The van der Waals surface area contributed by atoms with Crippen molar-refractivity contribution >= 4 is 18.1 Å². The Hall–Kier alpha value is -3.86. The Balaban J connectivity index is 1.29. The average Bonchev–Trinajstić information content (AvgIpc) is 3.16. The Bertz CT molecular complexity index is 1150. The van der Waals surface area contributed by atoms with E-state index >= 15 is 0 Å². The molecule has 3 aromatic rings. The van der Waals surface area contributed by atoms with Crippen LogP contribution in [-0.4, -0.2) is 32.3 Å². The monoisotopic (exact) mass is 441 g/mol. The largest absolute Gasteiger partial charge is 0.465 e. The number of alkyl carbamates (subject to hydrolysis) is 1. The first kappa shape index (κ1) is 22.3. The van der Waals surface area contributed by atoms with Crippen molar-refractivity contribution in [2.24, 2.45) is 0 Å². The van der Waals surface area contributed by atoms with E-state index in [1.807, 2.05) is 55.5 Å². The van der Waals surface area contributed by atoms with Crippen LogP contribution in [0, 0.1) is 6.92 Å². The van der Waals surface area contributed by atoms with Crippen LogP contribution >= 0.6 is 0 Å². The molecular weight excluding hydrogens is 414 g/mol. The number of carbonyl (C=O) groups excluding carboxylic acids is 2. The van der Waals surface area contributed by atoms with Gasteiger partial charge in [-0.3, -0.25) is 0 Å². The summed E-state index contributed by atoms with van der Waals surface area (Å²) < 4.78 is 10.4. The SMILES string of the molecule is COC(=O)c1ccc(C)cc1C=CCCNC(=O)OCC1c2ccccc2-c2ccccc21. The zero-order valence-electron chi connectivity index (χ0n) is 18.8. The van der Waals surface area contributed by atoms with Gasteiger partial charge in [-0.25, -0.2) is 9.59 Å². The lowest BCUT2D eigenvalue weighted by Gasteiger charge is -2.14. The third kappa shape index (κ3) is 4.98. The summed E-state index contributed by atoms with van der Waals surface area (Å²) in [7, 11) is 1.37. The molecule has 0 aliphatic heterocycles. The summed E-state index contributed by atoms with van der Waals surface area (Å²) in [5, 5.41) is 2.80. The van der Waals surface area contributed by atoms with Gasteiger partial charge in [0.15, 0.2) is 0 Å². The number of nitrogens with one attached hydrogen (secondary N) is 1. The zero-order valence-corrected chi connectivity index (χ0v) is 18.8. The minimum absolute atomic E-state index is 0.0427. The maximum Gasteiger partial charge on any atom is 0.407 e. The molecule has 1 amide bonds. The summed E-state index contributed by atoms with van der Waals surface area (Å²) in [5.74, 6) is -0.326. The number of benzene rings is 3. The second-order valence-corrected chi connectivity index (χ2v) is 8.03. The Morgan fingerprint density at radius 2 is 1.64 bits per heavy atom. The van der Waals surface area contributed by atoms with Gasteiger partial charge >= 0.3 is 12.1 Å². The van der Waals surface area contributed by atoms with Gasteiger partial charge in [-0.2, -0.15) is 0 Å². The first-order chi connectivity index (χ1) is 16.1. The fourth-order valence-corrected chi connectivity index (χ4v) is 4.23. The molecule has 33 heavy (non-hydrogen) atoms. The van der Waals surface area contributed by atoms with E-state index in [0.717, 1.165) is 11.1 Å². The minimum Gasteiger partial charge on any atom is -0.465 e. The van der Waals surface area contributed by atoms with Crippen molar-refractivity contribution in [3.8, 4) is 11.1 Å². The first-order valence-corrected chi connectivity index (χ1v) is 11.0. The average molecular weight is 442 g/mol. The summed E-state index contributed by atoms with van der Waals surface area (Å²) >= 11 is 0. The Labute approximate surface area is 194 Å². The van der Waals surface area contributed by atoms with Gasteiger partial charge in [-0.05, 0) is 47.2 Å². The van der Waals surface area contributed by atoms with Crippen LogP contribution in [0.4, 0.5) is 4.79 Å². The van der Waals surface area contributed by atoms with Crippen LogP contribution in [0.25, 0.3) is 17.2 Å². The van der Waals surface area contributed by atoms with E-state index < -0.39 is 6.09 Å². The van der Waals surface area contributed by atoms with Gasteiger partial charge < -0.3 is 14.8 Å². The molecule has 5 nitrogen and oxygen atoms in total. The third-order valence-electron chi connectivity index (χ3n) is 5.83. The van der Waals surface area contributed by atoms with Crippen LogP contribution in [0.15, 0.2) is 72.8 Å². The molecule has 168 valence electrons. The maximum atomic E-state index is 12.3. The fraction of sp³-hybridized carbons (Fsp3) is 0.214. The third-order valence-corrected chi connectivity index (χ3v) is 5.83. The van der Waals surface area contributed by atoms with Gasteiger partial charge in [0.1, 0.15) is 6.61 Å². The van der Waals surface area contributed by atoms with Gasteiger partial charge in [0.2, 0.25) is 0 Å². The predicted molar refractivity (Wildman–Crippen MR) is 129 cm³/mol. The maximum absolute atomic E-state index is 12.3. The molecule has 1 N–H and O–H groups in total. The number of fused-ring (bicyclic) bond motifs is 3. The number of hydrogen-bond acceptors (Lipinski definition) is 4. The van der Waals surface area contributed by atoms with E-state index in [0.29, 0.717) is 25.1 Å². The van der Waals surface area contributed by atoms with Gasteiger partial charge in [0.25, 0.3) is 0 Å². The highest BCUT2D eigenvalue weighted by atomic mass is 16.5. The highest BCUT2D eigenvalue weighted by Gasteiger charge is 2.28. The lowest BCUT2D eigenvalue weighted by Crippen LogP contribution is -2.26. The number of hydrogen-bond donors (Lipinski definition) is 1. The Kier molecular flexibility index (Phi) is 6.89. The molecule has 0 heterocycles. The van der Waals surface area contributed by atoms with Crippen LogP contribution in [0.3, 0.4) is 0 Å². The molecule has 4 rings (SSSR count). The summed E-state index contributed by atoms with van der Waals surface area (Å²) in [5.41, 5.74) is 7.15. The molecule has 1 aliphatic rings. The lowest BCUT2D eigenvalue weighted by molar-refractivity contribution is 0.0600. The van der Waals surface area contributed by atoms with Crippen LogP contribution in [0.5, 0.6) is 0 Å². The predicted octanol–water partition coefficient (Wildman–Crippen LogP) is 5.72. The zero-order chi connectivity index (χ0) is 23.2. The second-order valence-electron chi connectivity index (χ2n) is 8.03. The van der Waals surface area contributed by atoms with E-state index in [1.54, 1.807) is 6.07 Å². The molecule has 3 aromatic carbocycles. The number of esters is 1. The quantitative estimate of drug-likeness (QED) is 0.376. The minimum atomic E-state index is -0.434. The molecule has 0 atom stereocenters. The number of carbonyl (C=O) groups is 2. The van der Waals surface area contributed by atoms with Crippen LogP contribution < -0.4 is 5.32 Å². The van der Waals surface area contributed by atoms with Crippen molar-refractivity contribution in [2.75, 3.05) is 20.3 Å². The first-order valence-electron chi connectivity index (χ1n) is 11.0. The molecule has 1 aliphatic carbocycles. The van der Waals surface area contributed by atoms with E-state index in [1.165, 1.54) is 29.4 Å². The molecule has 0 unspecified atom stereocenters. The van der Waals surface area contributed by atoms with Crippen LogP contribution in [-0.2, 0) is 9.47 Å². The van der Waals surface area contributed by atoms with Gasteiger partial charge in [0, 0.05) is 12.5 Å². The molecular formula is C28H27NO4. The smallest absolute Gasteiger partial charge is 0.407 e. The number of rotatable bonds is 7.